The van der Waals surface area contributed by atoms with Gasteiger partial charge >= 0.3 is 0 Å². The summed E-state index contributed by atoms with van der Waals surface area (Å²) >= 11 is 0. The first-order valence-electron chi connectivity index (χ1n) is 6.72. The Kier molecular flexibility index (Phi) is 3.98. The van der Waals surface area contributed by atoms with Gasteiger partial charge in [0.2, 0.25) is 0 Å². The molecule has 2 rings (SSSR count). The monoisotopic (exact) mass is 244 g/mol. The van der Waals surface area contributed by atoms with E-state index in [1.807, 2.05) is 12.1 Å². The van der Waals surface area contributed by atoms with Crippen molar-refractivity contribution in [3.8, 4) is 6.07 Å². The maximum atomic E-state index is 10.5. The fourth-order valence-electron chi connectivity index (χ4n) is 3.01. The van der Waals surface area contributed by atoms with Crippen LogP contribution in [0, 0.1) is 22.7 Å². The molecule has 3 atom stereocenters. The molecule has 1 aromatic heterocycles. The van der Waals surface area contributed by atoms with E-state index < -0.39 is 11.5 Å². The third kappa shape index (κ3) is 2.39. The van der Waals surface area contributed by atoms with Gasteiger partial charge in [0, 0.05) is 6.20 Å². The number of nitriles is 1. The molecule has 1 N–H and O–H groups in total. The minimum atomic E-state index is -0.766. The Morgan fingerprint density at radius 1 is 1.61 bits per heavy atom. The van der Waals surface area contributed by atoms with Crippen molar-refractivity contribution in [3.05, 3.63) is 30.1 Å². The van der Waals surface area contributed by atoms with Crippen LogP contribution in [-0.2, 0) is 0 Å². The van der Waals surface area contributed by atoms with E-state index in [0.29, 0.717) is 11.6 Å². The van der Waals surface area contributed by atoms with Crippen molar-refractivity contribution < 1.29 is 5.11 Å². The molecule has 3 nitrogen and oxygen atoms in total. The van der Waals surface area contributed by atoms with Crippen molar-refractivity contribution in [3.63, 3.8) is 0 Å². The molecule has 0 radical (unpaired) electrons. The number of aliphatic hydroxyl groups excluding tert-OH is 1. The van der Waals surface area contributed by atoms with Gasteiger partial charge in [-0.25, -0.2) is 0 Å². The molecule has 0 saturated heterocycles. The highest BCUT2D eigenvalue weighted by Crippen LogP contribution is 2.47. The lowest BCUT2D eigenvalue weighted by molar-refractivity contribution is 0.0157. The average molecular weight is 244 g/mol. The van der Waals surface area contributed by atoms with Gasteiger partial charge in [-0.05, 0) is 30.9 Å². The van der Waals surface area contributed by atoms with E-state index in [0.717, 1.165) is 25.7 Å². The minimum absolute atomic E-state index is 0.553. The molecule has 0 bridgehead atoms. The molecular weight excluding hydrogens is 224 g/mol. The van der Waals surface area contributed by atoms with E-state index in [1.54, 1.807) is 12.3 Å². The first-order valence-corrected chi connectivity index (χ1v) is 6.72. The van der Waals surface area contributed by atoms with Crippen LogP contribution < -0.4 is 0 Å². The maximum absolute atomic E-state index is 10.5. The molecule has 0 aromatic carbocycles. The lowest BCUT2D eigenvalue weighted by Crippen LogP contribution is -2.33. The van der Waals surface area contributed by atoms with Crippen LogP contribution in [0.5, 0.6) is 0 Å². The summed E-state index contributed by atoms with van der Waals surface area (Å²) in [6, 6.07) is 7.88. The summed E-state index contributed by atoms with van der Waals surface area (Å²) in [7, 11) is 0. The summed E-state index contributed by atoms with van der Waals surface area (Å²) in [5.41, 5.74) is -0.0244. The second kappa shape index (κ2) is 5.49. The van der Waals surface area contributed by atoms with E-state index in [1.165, 1.54) is 6.42 Å². The van der Waals surface area contributed by atoms with E-state index >= 15 is 0 Å². The highest BCUT2D eigenvalue weighted by atomic mass is 16.3. The summed E-state index contributed by atoms with van der Waals surface area (Å²) in [6.45, 7) is 2.16. The highest BCUT2D eigenvalue weighted by molar-refractivity contribution is 5.17. The van der Waals surface area contributed by atoms with Crippen LogP contribution in [0.2, 0.25) is 0 Å². The topological polar surface area (TPSA) is 56.9 Å². The quantitative estimate of drug-likeness (QED) is 0.888. The van der Waals surface area contributed by atoms with Gasteiger partial charge in [0.05, 0.1) is 17.2 Å². The predicted molar refractivity (Wildman–Crippen MR) is 69.5 cm³/mol. The first kappa shape index (κ1) is 13.0. The Hall–Kier alpha value is -1.40. The second-order valence-corrected chi connectivity index (χ2v) is 5.30. The summed E-state index contributed by atoms with van der Waals surface area (Å²) in [5, 5.41) is 20.1. The Labute approximate surface area is 108 Å². The Balaban J connectivity index is 2.25. The normalized spacial score (nSPS) is 29.5. The average Bonchev–Trinajstić information content (AvgIpc) is 2.47. The Morgan fingerprint density at radius 3 is 3.06 bits per heavy atom. The molecule has 18 heavy (non-hydrogen) atoms. The second-order valence-electron chi connectivity index (χ2n) is 5.30. The molecule has 1 aliphatic carbocycles. The van der Waals surface area contributed by atoms with E-state index in [4.69, 9.17) is 0 Å². The maximum Gasteiger partial charge on any atom is 0.114 e. The van der Waals surface area contributed by atoms with E-state index in [9.17, 15) is 10.4 Å². The van der Waals surface area contributed by atoms with Gasteiger partial charge in [-0.2, -0.15) is 5.26 Å². The van der Waals surface area contributed by atoms with Crippen molar-refractivity contribution in [2.45, 2.75) is 45.1 Å². The smallest absolute Gasteiger partial charge is 0.114 e. The van der Waals surface area contributed by atoms with Crippen LogP contribution in [0.15, 0.2) is 24.4 Å². The minimum Gasteiger partial charge on any atom is -0.385 e. The fraction of sp³-hybridized carbons (Fsp3) is 0.600. The molecule has 3 heteroatoms. The van der Waals surface area contributed by atoms with Crippen molar-refractivity contribution in [2.24, 2.45) is 11.3 Å². The zero-order valence-corrected chi connectivity index (χ0v) is 10.8. The molecule has 1 fully saturated rings. The third-order valence-corrected chi connectivity index (χ3v) is 4.18. The fourth-order valence-corrected chi connectivity index (χ4v) is 3.01. The number of aromatic nitrogens is 1. The van der Waals surface area contributed by atoms with E-state index in [-0.39, 0.29) is 0 Å². The Bertz CT molecular complexity index is 426. The molecule has 3 unspecified atom stereocenters. The van der Waals surface area contributed by atoms with Crippen LogP contribution in [0.4, 0.5) is 0 Å². The molecule has 0 spiro atoms. The molecule has 1 saturated carbocycles. The Morgan fingerprint density at radius 2 is 2.44 bits per heavy atom. The summed E-state index contributed by atoms with van der Waals surface area (Å²) in [4.78, 5) is 4.20. The number of pyridine rings is 1. The molecule has 96 valence electrons. The van der Waals surface area contributed by atoms with Crippen LogP contribution in [-0.4, -0.2) is 10.1 Å². The molecular formula is C15H20N2O. The van der Waals surface area contributed by atoms with Crippen molar-refractivity contribution in [1.29, 1.82) is 5.26 Å². The molecule has 0 amide bonds. The predicted octanol–water partition coefficient (Wildman–Crippen LogP) is 3.23. The molecule has 1 aliphatic rings. The van der Waals surface area contributed by atoms with Gasteiger partial charge in [-0.3, -0.25) is 4.98 Å². The van der Waals surface area contributed by atoms with Gasteiger partial charge in [0.1, 0.15) is 6.10 Å². The van der Waals surface area contributed by atoms with Crippen LogP contribution in [0.3, 0.4) is 0 Å². The number of hydrogen-bond acceptors (Lipinski definition) is 3. The lowest BCUT2D eigenvalue weighted by Gasteiger charge is -2.38. The van der Waals surface area contributed by atoms with Gasteiger partial charge in [-0.15, -0.1) is 0 Å². The third-order valence-electron chi connectivity index (χ3n) is 4.18. The van der Waals surface area contributed by atoms with Gasteiger partial charge in [0.15, 0.2) is 0 Å². The molecule has 1 heterocycles. The number of hydrogen-bond donors (Lipinski definition) is 1. The van der Waals surface area contributed by atoms with Crippen LogP contribution in [0.1, 0.15) is 50.8 Å². The standard InChI is InChI=1S/C15H20N2O/c1-2-12-6-5-8-15(10-12,11-16)14(18)13-7-3-4-9-17-13/h3-4,7,9,12,14,18H,2,5-6,8,10H2,1H3. The number of aliphatic hydroxyl groups is 1. The summed E-state index contributed by atoms with van der Waals surface area (Å²) < 4.78 is 0. The van der Waals surface area contributed by atoms with Crippen LogP contribution in [0.25, 0.3) is 0 Å². The molecule has 1 aromatic rings. The highest BCUT2D eigenvalue weighted by Gasteiger charge is 2.43. The van der Waals surface area contributed by atoms with Crippen molar-refractivity contribution >= 4 is 0 Å². The zero-order chi connectivity index (χ0) is 13.0. The van der Waals surface area contributed by atoms with Gasteiger partial charge in [-0.1, -0.05) is 32.3 Å². The van der Waals surface area contributed by atoms with Crippen LogP contribution >= 0.6 is 0 Å². The largest absolute Gasteiger partial charge is 0.385 e. The van der Waals surface area contributed by atoms with Gasteiger partial charge < -0.3 is 5.11 Å². The number of nitrogens with zero attached hydrogens (tertiary/aromatic N) is 2. The SMILES string of the molecule is CCC1CCCC(C#N)(C(O)c2ccccn2)C1. The lowest BCUT2D eigenvalue weighted by atomic mass is 9.66. The summed E-state index contributed by atoms with van der Waals surface area (Å²) in [5.74, 6) is 0.553. The molecule has 0 aliphatic heterocycles. The number of rotatable bonds is 3. The first-order chi connectivity index (χ1) is 8.72. The van der Waals surface area contributed by atoms with Crippen molar-refractivity contribution in [2.75, 3.05) is 0 Å². The van der Waals surface area contributed by atoms with Gasteiger partial charge in [0.25, 0.3) is 0 Å². The zero-order valence-electron chi connectivity index (χ0n) is 10.8. The van der Waals surface area contributed by atoms with E-state index in [2.05, 4.69) is 18.0 Å². The summed E-state index contributed by atoms with van der Waals surface area (Å²) in [6.07, 6.45) is 5.75. The van der Waals surface area contributed by atoms with Crippen molar-refractivity contribution in [1.82, 2.24) is 4.98 Å².